The van der Waals surface area contributed by atoms with Gasteiger partial charge in [-0.15, -0.1) is 0 Å². The second-order valence-electron chi connectivity index (χ2n) is 7.42. The number of imide groups is 1. The van der Waals surface area contributed by atoms with Gasteiger partial charge in [0.1, 0.15) is 0 Å². The number of nitrogens with zero attached hydrogens (tertiary/aromatic N) is 1. The molecule has 0 aliphatic carbocycles. The molecular weight excluding hydrogens is 400 g/mol. The number of hydrogen-bond acceptors (Lipinski definition) is 3. The van der Waals surface area contributed by atoms with Crippen molar-refractivity contribution in [3.05, 3.63) is 82.4 Å². The van der Waals surface area contributed by atoms with Crippen LogP contribution in [0.5, 0.6) is 0 Å². The lowest BCUT2D eigenvalue weighted by Gasteiger charge is -2.27. The molecule has 0 aromatic heterocycles. The number of benzene rings is 3. The molecule has 3 amide bonds. The largest absolute Gasteiger partial charge is 0.350 e. The van der Waals surface area contributed by atoms with Crippen LogP contribution in [0.25, 0.3) is 10.8 Å². The highest BCUT2D eigenvalue weighted by molar-refractivity contribution is 6.30. The van der Waals surface area contributed by atoms with E-state index < -0.39 is 0 Å². The maximum absolute atomic E-state index is 12.9. The van der Waals surface area contributed by atoms with Gasteiger partial charge >= 0.3 is 0 Å². The van der Waals surface area contributed by atoms with Gasteiger partial charge in [0, 0.05) is 34.5 Å². The Morgan fingerprint density at radius 2 is 1.63 bits per heavy atom. The fraction of sp³-hybridized carbons (Fsp3) is 0.208. The van der Waals surface area contributed by atoms with Crippen LogP contribution in [0.4, 0.5) is 0 Å². The molecule has 6 heteroatoms. The Kier molecular flexibility index (Phi) is 5.55. The molecule has 0 fully saturated rings. The molecule has 1 N–H and O–H groups in total. The van der Waals surface area contributed by atoms with Crippen LogP contribution in [0.3, 0.4) is 0 Å². The van der Waals surface area contributed by atoms with E-state index in [0.29, 0.717) is 28.0 Å². The predicted molar refractivity (Wildman–Crippen MR) is 117 cm³/mol. The van der Waals surface area contributed by atoms with E-state index >= 15 is 0 Å². The third-order valence-corrected chi connectivity index (χ3v) is 5.60. The average molecular weight is 421 g/mol. The summed E-state index contributed by atoms with van der Waals surface area (Å²) in [6.07, 6.45) is 0.609. The molecule has 152 valence electrons. The molecule has 4 rings (SSSR count). The smallest absolute Gasteiger partial charge is 0.261 e. The number of rotatable bonds is 6. The normalized spacial score (nSPS) is 14.1. The lowest BCUT2D eigenvalue weighted by Crippen LogP contribution is -2.41. The second kappa shape index (κ2) is 8.28. The minimum Gasteiger partial charge on any atom is -0.350 e. The van der Waals surface area contributed by atoms with Gasteiger partial charge in [0.2, 0.25) is 5.91 Å². The second-order valence-corrected chi connectivity index (χ2v) is 7.86. The van der Waals surface area contributed by atoms with Crippen LogP contribution in [0.15, 0.2) is 60.7 Å². The first kappa shape index (κ1) is 20.1. The van der Waals surface area contributed by atoms with Gasteiger partial charge in [0.05, 0.1) is 6.04 Å². The number of carbonyl (C=O) groups excluding carboxylic acids is 3. The van der Waals surface area contributed by atoms with E-state index in [0.717, 1.165) is 10.9 Å². The summed E-state index contributed by atoms with van der Waals surface area (Å²) in [5.41, 5.74) is 1.98. The van der Waals surface area contributed by atoms with Gasteiger partial charge in [0.15, 0.2) is 0 Å². The topological polar surface area (TPSA) is 66.5 Å². The van der Waals surface area contributed by atoms with Crippen LogP contribution in [0.1, 0.15) is 52.1 Å². The molecule has 5 nitrogen and oxygen atoms in total. The number of hydrogen-bond donors (Lipinski definition) is 1. The monoisotopic (exact) mass is 420 g/mol. The van der Waals surface area contributed by atoms with Gasteiger partial charge in [-0.05, 0) is 48.6 Å². The van der Waals surface area contributed by atoms with Crippen LogP contribution in [0.2, 0.25) is 5.02 Å². The molecule has 0 saturated carbocycles. The molecule has 0 saturated heterocycles. The van der Waals surface area contributed by atoms with Crippen molar-refractivity contribution in [3.63, 3.8) is 0 Å². The summed E-state index contributed by atoms with van der Waals surface area (Å²) < 4.78 is 0. The van der Waals surface area contributed by atoms with E-state index in [1.165, 1.54) is 4.90 Å². The summed E-state index contributed by atoms with van der Waals surface area (Å²) in [5.74, 6) is -0.754. The fourth-order valence-corrected chi connectivity index (χ4v) is 4.05. The van der Waals surface area contributed by atoms with Crippen molar-refractivity contribution in [2.24, 2.45) is 0 Å². The fourth-order valence-electron chi connectivity index (χ4n) is 3.85. The highest BCUT2D eigenvalue weighted by atomic mass is 35.5. The summed E-state index contributed by atoms with van der Waals surface area (Å²) >= 11 is 6.01. The third-order valence-electron chi connectivity index (χ3n) is 5.37. The zero-order valence-corrected chi connectivity index (χ0v) is 17.3. The van der Waals surface area contributed by atoms with Crippen molar-refractivity contribution in [2.45, 2.75) is 25.8 Å². The first-order chi connectivity index (χ1) is 14.5. The average Bonchev–Trinajstić information content (AvgIpc) is 2.74. The zero-order valence-electron chi connectivity index (χ0n) is 16.5. The molecule has 0 bridgehead atoms. The molecule has 1 aliphatic rings. The summed E-state index contributed by atoms with van der Waals surface area (Å²) in [6, 6.07) is 18.1. The minimum atomic E-state index is -0.308. The van der Waals surface area contributed by atoms with Gasteiger partial charge in [-0.2, -0.15) is 0 Å². The van der Waals surface area contributed by atoms with Crippen LogP contribution in [-0.4, -0.2) is 29.2 Å². The van der Waals surface area contributed by atoms with E-state index in [4.69, 9.17) is 11.6 Å². The van der Waals surface area contributed by atoms with Crippen molar-refractivity contribution in [3.8, 4) is 0 Å². The first-order valence-corrected chi connectivity index (χ1v) is 10.3. The van der Waals surface area contributed by atoms with Crippen LogP contribution in [0, 0.1) is 0 Å². The summed E-state index contributed by atoms with van der Waals surface area (Å²) in [5, 5.41) is 5.13. The minimum absolute atomic E-state index is 0.137. The van der Waals surface area contributed by atoms with Gasteiger partial charge in [-0.3, -0.25) is 19.3 Å². The molecule has 30 heavy (non-hydrogen) atoms. The van der Waals surface area contributed by atoms with Crippen LogP contribution in [-0.2, 0) is 4.79 Å². The Morgan fingerprint density at radius 3 is 2.27 bits per heavy atom. The molecule has 1 unspecified atom stereocenters. The summed E-state index contributed by atoms with van der Waals surface area (Å²) in [4.78, 5) is 39.3. The highest BCUT2D eigenvalue weighted by Gasteiger charge is 2.32. The van der Waals surface area contributed by atoms with Crippen molar-refractivity contribution >= 4 is 40.1 Å². The molecule has 0 radical (unpaired) electrons. The van der Waals surface area contributed by atoms with E-state index in [1.807, 2.05) is 49.4 Å². The Bertz CT molecular complexity index is 1110. The highest BCUT2D eigenvalue weighted by Crippen LogP contribution is 2.30. The van der Waals surface area contributed by atoms with Gasteiger partial charge in [0.25, 0.3) is 11.8 Å². The number of nitrogens with one attached hydrogen (secondary N) is 1. The molecule has 1 heterocycles. The maximum atomic E-state index is 12.9. The molecule has 3 aromatic carbocycles. The van der Waals surface area contributed by atoms with Crippen molar-refractivity contribution < 1.29 is 14.4 Å². The molecule has 1 atom stereocenters. The van der Waals surface area contributed by atoms with Crippen molar-refractivity contribution in [1.29, 1.82) is 0 Å². The Hall–Kier alpha value is -3.18. The molecule has 1 aliphatic heterocycles. The molecule has 0 spiro atoms. The zero-order chi connectivity index (χ0) is 21.3. The van der Waals surface area contributed by atoms with Crippen molar-refractivity contribution in [2.75, 3.05) is 6.54 Å². The lowest BCUT2D eigenvalue weighted by molar-refractivity contribution is -0.121. The van der Waals surface area contributed by atoms with Gasteiger partial charge in [-0.25, -0.2) is 0 Å². The maximum Gasteiger partial charge on any atom is 0.261 e. The SMILES string of the molecule is CC(NC(=O)CCCN1C(=O)c2cccc3cccc(c23)C1=O)c1cccc(Cl)c1. The predicted octanol–water partition coefficient (Wildman–Crippen LogP) is 4.75. The lowest BCUT2D eigenvalue weighted by atomic mass is 9.94. The van der Waals surface area contributed by atoms with E-state index in [9.17, 15) is 14.4 Å². The Morgan fingerprint density at radius 1 is 1.00 bits per heavy atom. The first-order valence-electron chi connectivity index (χ1n) is 9.88. The number of amides is 3. The van der Waals surface area contributed by atoms with Crippen LogP contribution < -0.4 is 5.32 Å². The summed E-state index contributed by atoms with van der Waals surface area (Å²) in [7, 11) is 0. The van der Waals surface area contributed by atoms with Gasteiger partial charge in [-0.1, -0.05) is 48.0 Å². The standard InChI is InChI=1S/C24H21ClN2O3/c1-15(17-8-2-9-18(25)14-17)26-21(28)12-5-13-27-23(29)19-10-3-6-16-7-4-11-20(22(16)19)24(27)30/h2-4,6-11,14-15H,5,12-13H2,1H3,(H,26,28). The van der Waals surface area contributed by atoms with Crippen LogP contribution >= 0.6 is 11.6 Å². The van der Waals surface area contributed by atoms with E-state index in [2.05, 4.69) is 5.32 Å². The van der Waals surface area contributed by atoms with Gasteiger partial charge < -0.3 is 5.32 Å². The van der Waals surface area contributed by atoms with Crippen molar-refractivity contribution in [1.82, 2.24) is 10.2 Å². The third kappa shape index (κ3) is 3.81. The van der Waals surface area contributed by atoms with E-state index in [-0.39, 0.29) is 36.7 Å². The van der Waals surface area contributed by atoms with E-state index in [1.54, 1.807) is 18.2 Å². The quantitative estimate of drug-likeness (QED) is 0.585. The molecular formula is C24H21ClN2O3. The summed E-state index contributed by atoms with van der Waals surface area (Å²) in [6.45, 7) is 2.08. The molecule has 3 aromatic rings. The Labute approximate surface area is 179 Å². The number of halogens is 1. The Balaban J connectivity index is 1.39. The number of carbonyl (C=O) groups is 3.